The molecule has 6 rings (SSSR count). The summed E-state index contributed by atoms with van der Waals surface area (Å²) in [6, 6.07) is 10.2. The Morgan fingerprint density at radius 2 is 1.69 bits per heavy atom. The van der Waals surface area contributed by atoms with Gasteiger partial charge in [0, 0.05) is 51.2 Å². The first-order valence-electron chi connectivity index (χ1n) is 12.4. The lowest BCUT2D eigenvalue weighted by Crippen LogP contribution is -2.69. The highest BCUT2D eigenvalue weighted by Crippen LogP contribution is 2.48. The highest BCUT2D eigenvalue weighted by molar-refractivity contribution is 5.75. The topological polar surface area (TPSA) is 73.8 Å². The lowest BCUT2D eigenvalue weighted by atomic mass is 9.60. The maximum Gasteiger partial charge on any atom is 0.419 e. The summed E-state index contributed by atoms with van der Waals surface area (Å²) in [5, 5.41) is 3.19. The van der Waals surface area contributed by atoms with Gasteiger partial charge >= 0.3 is 12.2 Å². The van der Waals surface area contributed by atoms with Crippen molar-refractivity contribution in [1.82, 2.24) is 25.1 Å². The van der Waals surface area contributed by atoms with E-state index >= 15 is 0 Å². The van der Waals surface area contributed by atoms with E-state index in [4.69, 9.17) is 4.74 Å². The SMILES string of the molecule is O=C(NC1CC2(C1)CN(Cc1ccccc1)C2)N1CC2COCC(C1)N2c1ncc(C(F)(F)F)cn1. The van der Waals surface area contributed by atoms with Crippen LogP contribution in [0.25, 0.3) is 0 Å². The molecule has 36 heavy (non-hydrogen) atoms. The summed E-state index contributed by atoms with van der Waals surface area (Å²) in [4.78, 5) is 27.1. The van der Waals surface area contributed by atoms with Crippen LogP contribution in [0, 0.1) is 5.41 Å². The van der Waals surface area contributed by atoms with Crippen LogP contribution < -0.4 is 10.2 Å². The number of nitrogens with one attached hydrogen (secondary N) is 1. The van der Waals surface area contributed by atoms with Gasteiger partial charge in [0.2, 0.25) is 5.95 Å². The lowest BCUT2D eigenvalue weighted by molar-refractivity contribution is -0.138. The normalized spacial score (nSPS) is 25.9. The molecule has 1 N–H and O–H groups in total. The fourth-order valence-corrected chi connectivity index (χ4v) is 6.22. The van der Waals surface area contributed by atoms with Crippen molar-refractivity contribution in [2.24, 2.45) is 5.41 Å². The van der Waals surface area contributed by atoms with Crippen LogP contribution in [0.5, 0.6) is 0 Å². The minimum atomic E-state index is -4.48. The number of morpholine rings is 1. The van der Waals surface area contributed by atoms with Gasteiger partial charge in [0.1, 0.15) is 0 Å². The molecule has 2 amide bonds. The quantitative estimate of drug-likeness (QED) is 0.693. The van der Waals surface area contributed by atoms with E-state index in [-0.39, 0.29) is 30.1 Å². The number of carbonyl (C=O) groups is 1. The van der Waals surface area contributed by atoms with Gasteiger partial charge < -0.3 is 19.9 Å². The van der Waals surface area contributed by atoms with E-state index in [2.05, 4.69) is 44.5 Å². The number of nitrogens with zero attached hydrogens (tertiary/aromatic N) is 5. The van der Waals surface area contributed by atoms with Crippen LogP contribution >= 0.6 is 0 Å². The first-order chi connectivity index (χ1) is 17.3. The lowest BCUT2D eigenvalue weighted by Gasteiger charge is -2.59. The van der Waals surface area contributed by atoms with E-state index < -0.39 is 11.7 Å². The van der Waals surface area contributed by atoms with E-state index in [1.165, 1.54) is 5.56 Å². The van der Waals surface area contributed by atoms with Crippen LogP contribution in [0.4, 0.5) is 23.9 Å². The number of anilines is 1. The Balaban J connectivity index is 1.00. The van der Waals surface area contributed by atoms with Crippen LogP contribution in [0.15, 0.2) is 42.7 Å². The molecule has 8 nitrogen and oxygen atoms in total. The molecule has 2 unspecified atom stereocenters. The Bertz CT molecular complexity index is 1070. The van der Waals surface area contributed by atoms with Crippen molar-refractivity contribution in [1.29, 1.82) is 0 Å². The van der Waals surface area contributed by atoms with Crippen molar-refractivity contribution in [3.05, 3.63) is 53.9 Å². The molecule has 1 aliphatic carbocycles. The summed E-state index contributed by atoms with van der Waals surface area (Å²) in [5.74, 6) is 0.243. The average Bonchev–Trinajstić information content (AvgIpc) is 2.80. The van der Waals surface area contributed by atoms with Gasteiger partial charge in [0.25, 0.3) is 0 Å². The predicted molar refractivity (Wildman–Crippen MR) is 125 cm³/mol. The molecule has 2 bridgehead atoms. The Kier molecular flexibility index (Phi) is 5.79. The third kappa shape index (κ3) is 4.50. The number of likely N-dealkylation sites (tertiary alicyclic amines) is 1. The minimum Gasteiger partial charge on any atom is -0.377 e. The number of fused-ring (bicyclic) bond motifs is 2. The van der Waals surface area contributed by atoms with Crippen LogP contribution in [-0.2, 0) is 17.5 Å². The first-order valence-corrected chi connectivity index (χ1v) is 12.4. The molecule has 1 spiro atoms. The number of urea groups is 1. The second-order valence-corrected chi connectivity index (χ2v) is 10.6. The van der Waals surface area contributed by atoms with Crippen LogP contribution in [0.1, 0.15) is 24.0 Å². The van der Waals surface area contributed by atoms with E-state index in [0.717, 1.165) is 44.9 Å². The highest BCUT2D eigenvalue weighted by Gasteiger charge is 2.53. The number of halogens is 3. The van der Waals surface area contributed by atoms with Gasteiger partial charge in [-0.25, -0.2) is 14.8 Å². The van der Waals surface area contributed by atoms with E-state index in [0.29, 0.717) is 31.7 Å². The van der Waals surface area contributed by atoms with Crippen molar-refractivity contribution in [2.75, 3.05) is 44.3 Å². The number of hydrogen-bond acceptors (Lipinski definition) is 6. The van der Waals surface area contributed by atoms with E-state index in [1.807, 2.05) is 11.0 Å². The van der Waals surface area contributed by atoms with Crippen molar-refractivity contribution < 1.29 is 22.7 Å². The standard InChI is InChI=1S/C25H29F3N6O2/c26-25(27,28)18-8-29-22(30-9-18)34-20-11-33(12-21(34)14-36-13-20)23(35)31-19-6-24(7-19)15-32(16-24)10-17-4-2-1-3-5-17/h1-5,8-9,19-21H,6-7,10-16H2,(H,31,35). The molecule has 1 aromatic heterocycles. The summed E-state index contributed by atoms with van der Waals surface area (Å²) in [5.41, 5.74) is 0.779. The third-order valence-corrected chi connectivity index (χ3v) is 7.81. The molecule has 4 aliphatic rings. The number of benzene rings is 1. The fraction of sp³-hybridized carbons (Fsp3) is 0.560. The monoisotopic (exact) mass is 502 g/mol. The van der Waals surface area contributed by atoms with E-state index in [9.17, 15) is 18.0 Å². The number of amides is 2. The van der Waals surface area contributed by atoms with Crippen molar-refractivity contribution in [2.45, 2.75) is 43.7 Å². The van der Waals surface area contributed by atoms with E-state index in [1.54, 1.807) is 4.90 Å². The number of aromatic nitrogens is 2. The molecule has 0 radical (unpaired) electrons. The van der Waals surface area contributed by atoms with Gasteiger partial charge in [-0.2, -0.15) is 13.2 Å². The van der Waals surface area contributed by atoms with Crippen LogP contribution in [0.2, 0.25) is 0 Å². The number of hydrogen-bond donors (Lipinski definition) is 1. The summed E-state index contributed by atoms with van der Waals surface area (Å²) >= 11 is 0. The Morgan fingerprint density at radius 1 is 1.06 bits per heavy atom. The molecule has 2 aromatic rings. The van der Waals surface area contributed by atoms with Gasteiger partial charge in [-0.3, -0.25) is 4.90 Å². The fourth-order valence-electron chi connectivity index (χ4n) is 6.22. The molecule has 3 aliphatic heterocycles. The minimum absolute atomic E-state index is 0.0831. The molecule has 1 saturated carbocycles. The maximum atomic E-state index is 13.0. The predicted octanol–water partition coefficient (Wildman–Crippen LogP) is 2.76. The molecular weight excluding hydrogens is 473 g/mol. The molecule has 1 aromatic carbocycles. The van der Waals surface area contributed by atoms with Gasteiger partial charge in [-0.15, -0.1) is 0 Å². The average molecular weight is 503 g/mol. The second kappa shape index (κ2) is 8.88. The number of rotatable bonds is 4. The summed E-state index contributed by atoms with van der Waals surface area (Å²) < 4.78 is 44.3. The third-order valence-electron chi connectivity index (χ3n) is 7.81. The van der Waals surface area contributed by atoms with Gasteiger partial charge in [0.05, 0.1) is 30.9 Å². The maximum absolute atomic E-state index is 13.0. The van der Waals surface area contributed by atoms with Crippen LogP contribution in [-0.4, -0.2) is 83.3 Å². The van der Waals surface area contributed by atoms with Gasteiger partial charge in [-0.05, 0) is 23.8 Å². The molecule has 4 heterocycles. The zero-order valence-electron chi connectivity index (χ0n) is 19.8. The van der Waals surface area contributed by atoms with Gasteiger partial charge in [0.15, 0.2) is 0 Å². The summed E-state index contributed by atoms with van der Waals surface area (Å²) in [7, 11) is 0. The molecule has 2 atom stereocenters. The smallest absolute Gasteiger partial charge is 0.377 e. The second-order valence-electron chi connectivity index (χ2n) is 10.6. The van der Waals surface area contributed by atoms with Crippen molar-refractivity contribution >= 4 is 12.0 Å². The molecule has 3 saturated heterocycles. The molecular formula is C25H29F3N6O2. The number of carbonyl (C=O) groups excluding carboxylic acids is 1. The number of alkyl halides is 3. The zero-order chi connectivity index (χ0) is 24.9. The Morgan fingerprint density at radius 3 is 2.31 bits per heavy atom. The molecule has 4 fully saturated rings. The Hall–Kier alpha value is -2.92. The largest absolute Gasteiger partial charge is 0.419 e. The summed E-state index contributed by atoms with van der Waals surface area (Å²) in [6.07, 6.45) is -0.857. The van der Waals surface area contributed by atoms with Crippen LogP contribution in [0.3, 0.4) is 0 Å². The number of piperazine rings is 1. The number of ether oxygens (including phenoxy) is 1. The zero-order valence-corrected chi connectivity index (χ0v) is 19.8. The Labute approximate surface area is 207 Å². The van der Waals surface area contributed by atoms with Gasteiger partial charge in [-0.1, -0.05) is 30.3 Å². The van der Waals surface area contributed by atoms with Crippen molar-refractivity contribution in [3.63, 3.8) is 0 Å². The molecule has 192 valence electrons. The van der Waals surface area contributed by atoms with Crippen molar-refractivity contribution in [3.8, 4) is 0 Å². The first kappa shape index (κ1) is 23.5. The highest BCUT2D eigenvalue weighted by atomic mass is 19.4. The molecule has 11 heteroatoms. The summed E-state index contributed by atoms with van der Waals surface area (Å²) in [6.45, 7) is 4.67.